The summed E-state index contributed by atoms with van der Waals surface area (Å²) in [7, 11) is 0. The van der Waals surface area contributed by atoms with Gasteiger partial charge in [-0.2, -0.15) is 0 Å². The van der Waals surface area contributed by atoms with E-state index in [0.717, 1.165) is 6.42 Å². The fraction of sp³-hybridized carbons (Fsp3) is 1.00. The van der Waals surface area contributed by atoms with E-state index >= 15 is 0 Å². The maximum Gasteiger partial charge on any atom is 0.0659 e. The van der Waals surface area contributed by atoms with Crippen LogP contribution in [0, 0.1) is 5.41 Å². The monoisotopic (exact) mass is 276 g/mol. The number of hydrogen-bond acceptors (Lipinski definition) is 1. The van der Waals surface area contributed by atoms with Gasteiger partial charge in [-0.25, -0.2) is 0 Å². The number of alkyl halides is 1. The molecule has 0 aliphatic heterocycles. The standard InChI is InChI=1S/C13H25BrO/c1-6-12(4,5)15-11-9-10(14)13(11,7-2)8-3/h10-11H,6-9H2,1-5H3. The molecular weight excluding hydrogens is 252 g/mol. The zero-order valence-corrected chi connectivity index (χ0v) is 12.4. The lowest BCUT2D eigenvalue weighted by Gasteiger charge is -2.55. The molecule has 0 amide bonds. The van der Waals surface area contributed by atoms with Crippen LogP contribution in [0.15, 0.2) is 0 Å². The Labute approximate surface area is 103 Å². The van der Waals surface area contributed by atoms with Crippen molar-refractivity contribution in [2.45, 2.75) is 76.8 Å². The van der Waals surface area contributed by atoms with Crippen molar-refractivity contribution in [2.75, 3.05) is 0 Å². The van der Waals surface area contributed by atoms with E-state index in [4.69, 9.17) is 4.74 Å². The van der Waals surface area contributed by atoms with E-state index in [0.29, 0.717) is 16.3 Å². The van der Waals surface area contributed by atoms with Crippen molar-refractivity contribution in [3.63, 3.8) is 0 Å². The zero-order valence-electron chi connectivity index (χ0n) is 10.8. The molecule has 0 bridgehead atoms. The van der Waals surface area contributed by atoms with Crippen LogP contribution in [-0.4, -0.2) is 16.5 Å². The lowest BCUT2D eigenvalue weighted by molar-refractivity contribution is -0.173. The molecule has 2 atom stereocenters. The van der Waals surface area contributed by atoms with Gasteiger partial charge in [0.15, 0.2) is 0 Å². The van der Waals surface area contributed by atoms with Gasteiger partial charge in [-0.05, 0) is 39.5 Å². The molecule has 2 unspecified atom stereocenters. The van der Waals surface area contributed by atoms with E-state index in [9.17, 15) is 0 Å². The topological polar surface area (TPSA) is 9.23 Å². The summed E-state index contributed by atoms with van der Waals surface area (Å²) in [5.74, 6) is 0. The van der Waals surface area contributed by atoms with Gasteiger partial charge in [0.2, 0.25) is 0 Å². The third-order valence-corrected chi connectivity index (χ3v) is 5.60. The van der Waals surface area contributed by atoms with Gasteiger partial charge in [-0.1, -0.05) is 36.7 Å². The summed E-state index contributed by atoms with van der Waals surface area (Å²) in [6.45, 7) is 11.2. The highest BCUT2D eigenvalue weighted by Gasteiger charge is 2.53. The van der Waals surface area contributed by atoms with Crippen molar-refractivity contribution in [1.82, 2.24) is 0 Å². The van der Waals surface area contributed by atoms with Crippen LogP contribution in [0.1, 0.15) is 60.3 Å². The molecule has 0 aromatic rings. The smallest absolute Gasteiger partial charge is 0.0659 e. The van der Waals surface area contributed by atoms with Crippen LogP contribution in [0.25, 0.3) is 0 Å². The van der Waals surface area contributed by atoms with Crippen LogP contribution >= 0.6 is 15.9 Å². The van der Waals surface area contributed by atoms with Crippen LogP contribution < -0.4 is 0 Å². The van der Waals surface area contributed by atoms with Gasteiger partial charge < -0.3 is 4.74 Å². The number of rotatable bonds is 5. The molecule has 1 nitrogen and oxygen atoms in total. The Hall–Kier alpha value is 0.440. The lowest BCUT2D eigenvalue weighted by atomic mass is 9.62. The highest BCUT2D eigenvalue weighted by atomic mass is 79.9. The second-order valence-corrected chi connectivity index (χ2v) is 6.47. The largest absolute Gasteiger partial charge is 0.372 e. The van der Waals surface area contributed by atoms with Gasteiger partial charge in [-0.3, -0.25) is 0 Å². The van der Waals surface area contributed by atoms with E-state index in [1.165, 1.54) is 19.3 Å². The summed E-state index contributed by atoms with van der Waals surface area (Å²) >= 11 is 3.79. The quantitative estimate of drug-likeness (QED) is 0.671. The fourth-order valence-electron chi connectivity index (χ4n) is 2.48. The molecule has 0 saturated heterocycles. The summed E-state index contributed by atoms with van der Waals surface area (Å²) in [6, 6.07) is 0. The van der Waals surface area contributed by atoms with E-state index in [1.807, 2.05) is 0 Å². The second kappa shape index (κ2) is 4.75. The van der Waals surface area contributed by atoms with Gasteiger partial charge in [-0.15, -0.1) is 0 Å². The molecule has 0 heterocycles. The normalized spacial score (nSPS) is 30.0. The van der Waals surface area contributed by atoms with Crippen LogP contribution in [0.4, 0.5) is 0 Å². The Morgan fingerprint density at radius 2 is 1.80 bits per heavy atom. The average Bonchev–Trinajstić information content (AvgIpc) is 2.19. The van der Waals surface area contributed by atoms with Crippen molar-refractivity contribution in [3.8, 4) is 0 Å². The Bertz CT molecular complexity index is 209. The Morgan fingerprint density at radius 3 is 2.13 bits per heavy atom. The molecule has 1 aliphatic rings. The summed E-state index contributed by atoms with van der Waals surface area (Å²) in [6.07, 6.45) is 5.13. The molecule has 0 radical (unpaired) electrons. The fourth-order valence-corrected chi connectivity index (χ4v) is 3.76. The molecular formula is C13H25BrO. The van der Waals surface area contributed by atoms with Gasteiger partial charge in [0.25, 0.3) is 0 Å². The molecule has 1 fully saturated rings. The van der Waals surface area contributed by atoms with Crippen LogP contribution in [0.5, 0.6) is 0 Å². The summed E-state index contributed by atoms with van der Waals surface area (Å²) < 4.78 is 6.26. The first-order valence-corrected chi connectivity index (χ1v) is 7.15. The molecule has 0 aromatic heterocycles. The predicted molar refractivity (Wildman–Crippen MR) is 69.6 cm³/mol. The second-order valence-electron chi connectivity index (χ2n) is 5.36. The Kier molecular flexibility index (Phi) is 4.27. The van der Waals surface area contributed by atoms with E-state index in [2.05, 4.69) is 50.5 Å². The number of halogens is 1. The van der Waals surface area contributed by atoms with Crippen LogP contribution in [0.3, 0.4) is 0 Å². The molecule has 1 rings (SSSR count). The van der Waals surface area contributed by atoms with Crippen LogP contribution in [0.2, 0.25) is 0 Å². The molecule has 15 heavy (non-hydrogen) atoms. The van der Waals surface area contributed by atoms with Crippen molar-refractivity contribution < 1.29 is 4.74 Å². The van der Waals surface area contributed by atoms with Crippen molar-refractivity contribution in [3.05, 3.63) is 0 Å². The molecule has 0 spiro atoms. The van der Waals surface area contributed by atoms with Crippen molar-refractivity contribution in [1.29, 1.82) is 0 Å². The minimum Gasteiger partial charge on any atom is -0.372 e. The maximum absolute atomic E-state index is 6.26. The Balaban J connectivity index is 2.65. The SMILES string of the molecule is CCC(C)(C)OC1CC(Br)C1(CC)CC. The first kappa shape index (κ1) is 13.5. The Morgan fingerprint density at radius 1 is 1.27 bits per heavy atom. The molecule has 0 N–H and O–H groups in total. The minimum atomic E-state index is 0.0351. The average molecular weight is 277 g/mol. The maximum atomic E-state index is 6.26. The number of hydrogen-bond donors (Lipinski definition) is 0. The van der Waals surface area contributed by atoms with E-state index < -0.39 is 0 Å². The minimum absolute atomic E-state index is 0.0351. The highest BCUT2D eigenvalue weighted by molar-refractivity contribution is 9.09. The van der Waals surface area contributed by atoms with E-state index in [1.54, 1.807) is 0 Å². The van der Waals surface area contributed by atoms with Gasteiger partial charge in [0.05, 0.1) is 11.7 Å². The summed E-state index contributed by atoms with van der Waals surface area (Å²) in [5, 5.41) is 0. The first-order chi connectivity index (χ1) is 6.91. The summed E-state index contributed by atoms with van der Waals surface area (Å²) in [5.41, 5.74) is 0.417. The molecule has 1 saturated carbocycles. The van der Waals surface area contributed by atoms with Gasteiger partial charge >= 0.3 is 0 Å². The van der Waals surface area contributed by atoms with Gasteiger partial charge in [0, 0.05) is 10.2 Å². The van der Waals surface area contributed by atoms with Crippen LogP contribution in [-0.2, 0) is 4.74 Å². The van der Waals surface area contributed by atoms with Gasteiger partial charge in [0.1, 0.15) is 0 Å². The number of ether oxygens (including phenoxy) is 1. The lowest BCUT2D eigenvalue weighted by Crippen LogP contribution is -2.57. The molecule has 1 aliphatic carbocycles. The predicted octanol–water partition coefficient (Wildman–Crippen LogP) is 4.53. The molecule has 2 heteroatoms. The molecule has 90 valence electrons. The van der Waals surface area contributed by atoms with Crippen molar-refractivity contribution >= 4 is 15.9 Å². The third-order valence-electron chi connectivity index (χ3n) is 4.32. The third kappa shape index (κ3) is 2.41. The first-order valence-electron chi connectivity index (χ1n) is 6.23. The highest BCUT2D eigenvalue weighted by Crippen LogP contribution is 2.53. The van der Waals surface area contributed by atoms with Crippen molar-refractivity contribution in [2.24, 2.45) is 5.41 Å². The zero-order chi connectivity index (χ0) is 11.7. The van der Waals surface area contributed by atoms with E-state index in [-0.39, 0.29) is 5.60 Å². The summed E-state index contributed by atoms with van der Waals surface area (Å²) in [4.78, 5) is 0.651. The molecule has 0 aromatic carbocycles.